The van der Waals surface area contributed by atoms with Crippen LogP contribution in [0, 0.1) is 0 Å². The molecule has 1 aliphatic rings. The molecule has 1 aliphatic heterocycles. The highest BCUT2D eigenvalue weighted by Gasteiger charge is 2.21. The van der Waals surface area contributed by atoms with Gasteiger partial charge in [-0.05, 0) is 5.92 Å². The Kier molecular flexibility index (Phi) is 4.36. The molecule has 0 radical (unpaired) electrons. The van der Waals surface area contributed by atoms with E-state index >= 15 is 0 Å². The molecule has 0 spiro atoms. The van der Waals surface area contributed by atoms with Gasteiger partial charge in [0.2, 0.25) is 0 Å². The van der Waals surface area contributed by atoms with E-state index in [-0.39, 0.29) is 6.10 Å². The van der Waals surface area contributed by atoms with Crippen LogP contribution in [-0.2, 0) is 11.3 Å². The summed E-state index contributed by atoms with van der Waals surface area (Å²) in [6.45, 7) is 5.53. The molecular formula is C12H19N3OS. The zero-order chi connectivity index (χ0) is 12.3. The van der Waals surface area contributed by atoms with Gasteiger partial charge in [-0.3, -0.25) is 0 Å². The molecule has 94 valence electrons. The third-order valence-corrected chi connectivity index (χ3v) is 3.78. The topological polar surface area (TPSA) is 61.0 Å². The van der Waals surface area contributed by atoms with Gasteiger partial charge in [-0.1, -0.05) is 13.8 Å². The van der Waals surface area contributed by atoms with Crippen LogP contribution in [0.25, 0.3) is 0 Å². The zero-order valence-corrected chi connectivity index (χ0v) is 11.2. The lowest BCUT2D eigenvalue weighted by Crippen LogP contribution is -2.19. The quantitative estimate of drug-likeness (QED) is 0.891. The molecule has 5 heteroatoms. The van der Waals surface area contributed by atoms with Crippen LogP contribution in [0.1, 0.15) is 43.0 Å². The maximum atomic E-state index is 5.70. The number of ether oxygens (including phenoxy) is 1. The normalized spacial score (nSPS) is 20.8. The number of nitrogens with two attached hydrogens (primary N) is 1. The molecule has 2 N–H and O–H groups in total. The van der Waals surface area contributed by atoms with Gasteiger partial charge in [0.05, 0.1) is 12.3 Å². The van der Waals surface area contributed by atoms with Crippen molar-refractivity contribution in [1.29, 1.82) is 0 Å². The second-order valence-electron chi connectivity index (χ2n) is 4.43. The van der Waals surface area contributed by atoms with Gasteiger partial charge in [-0.2, -0.15) is 11.8 Å². The summed E-state index contributed by atoms with van der Waals surface area (Å²) in [4.78, 5) is 9.02. The molecule has 0 saturated carbocycles. The van der Waals surface area contributed by atoms with Crippen molar-refractivity contribution >= 4 is 11.8 Å². The van der Waals surface area contributed by atoms with Crippen molar-refractivity contribution < 1.29 is 4.74 Å². The molecule has 2 rings (SSSR count). The fraction of sp³-hybridized carbons (Fsp3) is 0.667. The van der Waals surface area contributed by atoms with E-state index in [0.717, 1.165) is 35.2 Å². The minimum Gasteiger partial charge on any atom is -0.368 e. The van der Waals surface area contributed by atoms with E-state index in [4.69, 9.17) is 10.5 Å². The molecule has 0 aromatic carbocycles. The maximum absolute atomic E-state index is 5.70. The molecule has 1 saturated heterocycles. The Morgan fingerprint density at radius 1 is 1.59 bits per heavy atom. The molecule has 0 bridgehead atoms. The molecule has 2 heterocycles. The number of rotatable bonds is 3. The van der Waals surface area contributed by atoms with Crippen LogP contribution >= 0.6 is 11.8 Å². The minimum absolute atomic E-state index is 0.0399. The average Bonchev–Trinajstić information content (AvgIpc) is 2.39. The van der Waals surface area contributed by atoms with E-state index in [1.807, 2.05) is 18.0 Å². The molecule has 4 nitrogen and oxygen atoms in total. The fourth-order valence-corrected chi connectivity index (χ4v) is 2.72. The summed E-state index contributed by atoms with van der Waals surface area (Å²) in [6.07, 6.45) is 1.89. The summed E-state index contributed by atoms with van der Waals surface area (Å²) in [5.41, 5.74) is 7.79. The third kappa shape index (κ3) is 2.97. The second kappa shape index (κ2) is 5.80. The molecule has 1 atom stereocenters. The van der Waals surface area contributed by atoms with Gasteiger partial charge < -0.3 is 10.5 Å². The Hall–Kier alpha value is -0.650. The summed E-state index contributed by atoms with van der Waals surface area (Å²) in [5, 5.41) is 0. The number of nitrogens with zero attached hydrogens (tertiary/aromatic N) is 2. The van der Waals surface area contributed by atoms with E-state index in [9.17, 15) is 0 Å². The largest absolute Gasteiger partial charge is 0.368 e. The van der Waals surface area contributed by atoms with Crippen molar-refractivity contribution in [3.8, 4) is 0 Å². The van der Waals surface area contributed by atoms with Crippen molar-refractivity contribution in [2.75, 3.05) is 18.1 Å². The van der Waals surface area contributed by atoms with Gasteiger partial charge >= 0.3 is 0 Å². The monoisotopic (exact) mass is 253 g/mol. The van der Waals surface area contributed by atoms with Gasteiger partial charge in [0.1, 0.15) is 6.10 Å². The van der Waals surface area contributed by atoms with Crippen molar-refractivity contribution in [2.24, 2.45) is 5.73 Å². The molecule has 1 aromatic heterocycles. The minimum atomic E-state index is 0.0399. The summed E-state index contributed by atoms with van der Waals surface area (Å²) in [7, 11) is 0. The van der Waals surface area contributed by atoms with Crippen molar-refractivity contribution in [1.82, 2.24) is 9.97 Å². The highest BCUT2D eigenvalue weighted by atomic mass is 32.2. The summed E-state index contributed by atoms with van der Waals surface area (Å²) < 4.78 is 5.70. The van der Waals surface area contributed by atoms with Gasteiger partial charge in [0, 0.05) is 29.8 Å². The van der Waals surface area contributed by atoms with Gasteiger partial charge in [0.15, 0.2) is 5.82 Å². The fourth-order valence-electron chi connectivity index (χ4n) is 1.88. The van der Waals surface area contributed by atoms with Crippen LogP contribution in [0.15, 0.2) is 6.20 Å². The van der Waals surface area contributed by atoms with E-state index in [1.54, 1.807) is 0 Å². The Balaban J connectivity index is 2.26. The highest BCUT2D eigenvalue weighted by molar-refractivity contribution is 7.99. The maximum Gasteiger partial charge on any atom is 0.158 e. The van der Waals surface area contributed by atoms with E-state index in [0.29, 0.717) is 12.5 Å². The van der Waals surface area contributed by atoms with Crippen LogP contribution in [0.2, 0.25) is 0 Å². The van der Waals surface area contributed by atoms with Gasteiger partial charge in [-0.25, -0.2) is 9.97 Å². The zero-order valence-electron chi connectivity index (χ0n) is 10.3. The Labute approximate surface area is 106 Å². The third-order valence-electron chi connectivity index (χ3n) is 2.79. The predicted molar refractivity (Wildman–Crippen MR) is 70.0 cm³/mol. The number of aromatic nitrogens is 2. The first-order valence-electron chi connectivity index (χ1n) is 5.97. The van der Waals surface area contributed by atoms with E-state index in [2.05, 4.69) is 23.8 Å². The first kappa shape index (κ1) is 12.8. The van der Waals surface area contributed by atoms with Crippen LogP contribution in [0.4, 0.5) is 0 Å². The summed E-state index contributed by atoms with van der Waals surface area (Å²) >= 11 is 1.89. The van der Waals surface area contributed by atoms with Crippen molar-refractivity contribution in [3.05, 3.63) is 23.3 Å². The molecule has 1 aromatic rings. The Morgan fingerprint density at radius 3 is 3.00 bits per heavy atom. The SMILES string of the molecule is CC(C)c1nc(C2CSCCO2)ncc1CN. The van der Waals surface area contributed by atoms with Gasteiger partial charge in [-0.15, -0.1) is 0 Å². The molecule has 1 unspecified atom stereocenters. The van der Waals surface area contributed by atoms with Crippen molar-refractivity contribution in [2.45, 2.75) is 32.4 Å². The second-order valence-corrected chi connectivity index (χ2v) is 5.58. The lowest BCUT2D eigenvalue weighted by molar-refractivity contribution is 0.0692. The van der Waals surface area contributed by atoms with Gasteiger partial charge in [0.25, 0.3) is 0 Å². The smallest absolute Gasteiger partial charge is 0.158 e. The Bertz CT molecular complexity index is 378. The molecule has 17 heavy (non-hydrogen) atoms. The van der Waals surface area contributed by atoms with E-state index < -0.39 is 0 Å². The lowest BCUT2D eigenvalue weighted by atomic mass is 10.1. The average molecular weight is 253 g/mol. The lowest BCUT2D eigenvalue weighted by Gasteiger charge is -2.22. The van der Waals surface area contributed by atoms with E-state index in [1.165, 1.54) is 0 Å². The number of thioether (sulfide) groups is 1. The summed E-state index contributed by atoms with van der Waals surface area (Å²) in [5.74, 6) is 3.18. The predicted octanol–water partition coefficient (Wildman–Crippen LogP) is 1.86. The number of hydrogen-bond donors (Lipinski definition) is 1. The molecular weight excluding hydrogens is 234 g/mol. The molecule has 0 aliphatic carbocycles. The van der Waals surface area contributed by atoms with Crippen LogP contribution in [-0.4, -0.2) is 28.1 Å². The Morgan fingerprint density at radius 2 is 2.41 bits per heavy atom. The molecule has 1 fully saturated rings. The first-order chi connectivity index (χ1) is 8.22. The highest BCUT2D eigenvalue weighted by Crippen LogP contribution is 2.26. The van der Waals surface area contributed by atoms with Crippen LogP contribution in [0.5, 0.6) is 0 Å². The number of hydrogen-bond acceptors (Lipinski definition) is 5. The standard InChI is InChI=1S/C12H19N3OS/c1-8(2)11-9(5-13)6-14-12(15-11)10-7-17-4-3-16-10/h6,8,10H,3-5,7,13H2,1-2H3. The van der Waals surface area contributed by atoms with Crippen LogP contribution in [0.3, 0.4) is 0 Å². The summed E-state index contributed by atoms with van der Waals surface area (Å²) in [6, 6.07) is 0. The molecule has 0 amide bonds. The first-order valence-corrected chi connectivity index (χ1v) is 7.13. The van der Waals surface area contributed by atoms with Crippen molar-refractivity contribution in [3.63, 3.8) is 0 Å². The van der Waals surface area contributed by atoms with Crippen LogP contribution < -0.4 is 5.73 Å².